The van der Waals surface area contributed by atoms with Crippen molar-refractivity contribution in [1.82, 2.24) is 0 Å². The molecule has 0 saturated heterocycles. The van der Waals surface area contributed by atoms with Crippen molar-refractivity contribution < 1.29 is 23.0 Å². The van der Waals surface area contributed by atoms with Gasteiger partial charge in [0.25, 0.3) is 0 Å². The normalized spacial score (nSPS) is 16.9. The van der Waals surface area contributed by atoms with Gasteiger partial charge in [0.2, 0.25) is 0 Å². The van der Waals surface area contributed by atoms with Crippen LogP contribution in [0.25, 0.3) is 0 Å². The van der Waals surface area contributed by atoms with E-state index in [0.717, 1.165) is 0 Å². The van der Waals surface area contributed by atoms with E-state index >= 15 is 0 Å². The van der Waals surface area contributed by atoms with E-state index in [4.69, 9.17) is 4.74 Å². The Bertz CT molecular complexity index is 222. The first-order valence-corrected chi connectivity index (χ1v) is 5.82. The first-order valence-electron chi connectivity index (χ1n) is 5.82. The topological polar surface area (TPSA) is 29.5 Å². The summed E-state index contributed by atoms with van der Waals surface area (Å²) in [5, 5.41) is 9.95. The Labute approximate surface area is 101 Å². The standard InChI is InChI=1S/C12H23F3O2/c1-10(2,17-4)8-9-11(3,16)6-5-7-12(13,14)15/h16H,5-9H2,1-4H3. The van der Waals surface area contributed by atoms with Crippen LogP contribution in [0.15, 0.2) is 0 Å². The number of aliphatic hydroxyl groups is 1. The molecule has 0 rings (SSSR count). The molecule has 0 aromatic rings. The van der Waals surface area contributed by atoms with E-state index in [1.165, 1.54) is 0 Å². The fourth-order valence-corrected chi connectivity index (χ4v) is 1.47. The number of hydrogen-bond acceptors (Lipinski definition) is 2. The molecule has 0 radical (unpaired) electrons. The van der Waals surface area contributed by atoms with Crippen LogP contribution in [0.1, 0.15) is 52.9 Å². The van der Waals surface area contributed by atoms with Crippen molar-refractivity contribution >= 4 is 0 Å². The van der Waals surface area contributed by atoms with Gasteiger partial charge in [-0.3, -0.25) is 0 Å². The highest BCUT2D eigenvalue weighted by atomic mass is 19.4. The van der Waals surface area contributed by atoms with Crippen LogP contribution in [0.4, 0.5) is 13.2 Å². The van der Waals surface area contributed by atoms with E-state index < -0.39 is 18.2 Å². The van der Waals surface area contributed by atoms with Crippen molar-refractivity contribution in [2.45, 2.75) is 70.3 Å². The smallest absolute Gasteiger partial charge is 0.389 e. The lowest BCUT2D eigenvalue weighted by atomic mass is 9.89. The lowest BCUT2D eigenvalue weighted by Crippen LogP contribution is -2.30. The minimum absolute atomic E-state index is 0.0378. The molecule has 0 saturated carbocycles. The average molecular weight is 256 g/mol. The second-order valence-electron chi connectivity index (χ2n) is 5.43. The predicted molar refractivity (Wildman–Crippen MR) is 60.9 cm³/mol. The maximum Gasteiger partial charge on any atom is 0.389 e. The highest BCUT2D eigenvalue weighted by Crippen LogP contribution is 2.28. The number of rotatable bonds is 7. The summed E-state index contributed by atoms with van der Waals surface area (Å²) < 4.78 is 41.1. The van der Waals surface area contributed by atoms with Crippen LogP contribution < -0.4 is 0 Å². The molecule has 0 aliphatic carbocycles. The quantitative estimate of drug-likeness (QED) is 0.753. The highest BCUT2D eigenvalue weighted by molar-refractivity contribution is 4.78. The van der Waals surface area contributed by atoms with Crippen LogP contribution >= 0.6 is 0 Å². The van der Waals surface area contributed by atoms with E-state index in [1.807, 2.05) is 13.8 Å². The Kier molecular flexibility index (Phi) is 5.94. The molecule has 2 nitrogen and oxygen atoms in total. The van der Waals surface area contributed by atoms with Crippen LogP contribution in [-0.4, -0.2) is 29.6 Å². The number of ether oxygens (including phenoxy) is 1. The van der Waals surface area contributed by atoms with Gasteiger partial charge in [-0.15, -0.1) is 0 Å². The lowest BCUT2D eigenvalue weighted by molar-refractivity contribution is -0.138. The molecule has 1 N–H and O–H groups in total. The van der Waals surface area contributed by atoms with Gasteiger partial charge in [-0.25, -0.2) is 0 Å². The van der Waals surface area contributed by atoms with E-state index in [2.05, 4.69) is 0 Å². The molecule has 0 amide bonds. The Morgan fingerprint density at radius 1 is 0.941 bits per heavy atom. The van der Waals surface area contributed by atoms with Crippen molar-refractivity contribution in [3.63, 3.8) is 0 Å². The van der Waals surface area contributed by atoms with Gasteiger partial charge in [0.15, 0.2) is 0 Å². The summed E-state index contributed by atoms with van der Waals surface area (Å²) in [4.78, 5) is 0. The Hall–Kier alpha value is -0.290. The van der Waals surface area contributed by atoms with Crippen LogP contribution in [0.2, 0.25) is 0 Å². The molecule has 0 fully saturated rings. The number of alkyl halides is 3. The third-order valence-electron chi connectivity index (χ3n) is 2.99. The second kappa shape index (κ2) is 6.05. The third kappa shape index (κ3) is 9.41. The molecule has 104 valence electrons. The zero-order valence-electron chi connectivity index (χ0n) is 11.0. The molecule has 0 aliphatic rings. The number of halogens is 3. The molecule has 5 heteroatoms. The number of methoxy groups -OCH3 is 1. The zero-order chi connectivity index (χ0) is 13.7. The van der Waals surface area contributed by atoms with Crippen LogP contribution in [-0.2, 0) is 4.74 Å². The van der Waals surface area contributed by atoms with Gasteiger partial charge in [-0.1, -0.05) is 0 Å². The van der Waals surface area contributed by atoms with Crippen molar-refractivity contribution in [3.8, 4) is 0 Å². The summed E-state index contributed by atoms with van der Waals surface area (Å²) in [5.74, 6) is 0. The largest absolute Gasteiger partial charge is 0.390 e. The molecule has 1 unspecified atom stereocenters. The van der Waals surface area contributed by atoms with Crippen molar-refractivity contribution in [2.24, 2.45) is 0 Å². The van der Waals surface area contributed by atoms with Gasteiger partial charge in [0.1, 0.15) is 0 Å². The van der Waals surface area contributed by atoms with Crippen LogP contribution in [0.3, 0.4) is 0 Å². The van der Waals surface area contributed by atoms with Gasteiger partial charge in [-0.05, 0) is 46.5 Å². The van der Waals surface area contributed by atoms with Gasteiger partial charge < -0.3 is 9.84 Å². The minimum Gasteiger partial charge on any atom is -0.390 e. The highest BCUT2D eigenvalue weighted by Gasteiger charge is 2.30. The molecule has 0 aromatic carbocycles. The fraction of sp³-hybridized carbons (Fsp3) is 1.00. The maximum absolute atomic E-state index is 12.0. The first-order chi connectivity index (χ1) is 7.47. The monoisotopic (exact) mass is 256 g/mol. The van der Waals surface area contributed by atoms with Gasteiger partial charge >= 0.3 is 6.18 Å². The molecule has 0 aromatic heterocycles. The summed E-state index contributed by atoms with van der Waals surface area (Å²) in [6, 6.07) is 0. The van der Waals surface area contributed by atoms with E-state index in [0.29, 0.717) is 12.8 Å². The molecule has 1 atom stereocenters. The SMILES string of the molecule is COC(C)(C)CCC(C)(O)CCCC(F)(F)F. The van der Waals surface area contributed by atoms with Gasteiger partial charge in [0.05, 0.1) is 11.2 Å². The lowest BCUT2D eigenvalue weighted by Gasteiger charge is -2.29. The summed E-state index contributed by atoms with van der Waals surface area (Å²) in [6.07, 6.45) is -3.80. The molecule has 0 bridgehead atoms. The third-order valence-corrected chi connectivity index (χ3v) is 2.99. The molecular weight excluding hydrogens is 233 g/mol. The van der Waals surface area contributed by atoms with E-state index in [1.54, 1.807) is 14.0 Å². The van der Waals surface area contributed by atoms with Crippen molar-refractivity contribution in [3.05, 3.63) is 0 Å². The van der Waals surface area contributed by atoms with E-state index in [9.17, 15) is 18.3 Å². The Morgan fingerprint density at radius 2 is 1.47 bits per heavy atom. The summed E-state index contributed by atoms with van der Waals surface area (Å²) in [7, 11) is 1.58. The molecular formula is C12H23F3O2. The first kappa shape index (κ1) is 16.7. The average Bonchev–Trinajstić information content (AvgIpc) is 2.13. The predicted octanol–water partition coefficient (Wildman–Crippen LogP) is 3.68. The molecule has 0 heterocycles. The summed E-state index contributed by atoms with van der Waals surface area (Å²) in [5.41, 5.74) is -1.41. The Morgan fingerprint density at radius 3 is 1.88 bits per heavy atom. The second-order valence-corrected chi connectivity index (χ2v) is 5.43. The van der Waals surface area contributed by atoms with Crippen molar-refractivity contribution in [2.75, 3.05) is 7.11 Å². The summed E-state index contributed by atoms with van der Waals surface area (Å²) >= 11 is 0. The summed E-state index contributed by atoms with van der Waals surface area (Å²) in [6.45, 7) is 5.35. The zero-order valence-corrected chi connectivity index (χ0v) is 11.0. The van der Waals surface area contributed by atoms with Crippen LogP contribution in [0, 0.1) is 0 Å². The van der Waals surface area contributed by atoms with Crippen LogP contribution in [0.5, 0.6) is 0 Å². The number of hydrogen-bond donors (Lipinski definition) is 1. The molecule has 0 spiro atoms. The van der Waals surface area contributed by atoms with Gasteiger partial charge in [-0.2, -0.15) is 13.2 Å². The fourth-order valence-electron chi connectivity index (χ4n) is 1.47. The maximum atomic E-state index is 12.0. The molecule has 0 aliphatic heterocycles. The Balaban J connectivity index is 3.96. The van der Waals surface area contributed by atoms with E-state index in [-0.39, 0.29) is 18.4 Å². The van der Waals surface area contributed by atoms with Gasteiger partial charge in [0, 0.05) is 13.5 Å². The van der Waals surface area contributed by atoms with Crippen molar-refractivity contribution in [1.29, 1.82) is 0 Å². The minimum atomic E-state index is -4.14. The molecule has 17 heavy (non-hydrogen) atoms.